The molecule has 2 N–H and O–H groups in total. The molecule has 3 aromatic rings. The van der Waals surface area contributed by atoms with Crippen LogP contribution in [0.25, 0.3) is 10.9 Å². The van der Waals surface area contributed by atoms with Gasteiger partial charge in [-0.25, -0.2) is 4.79 Å². The largest absolute Gasteiger partial charge is 0.490 e. The van der Waals surface area contributed by atoms with Crippen molar-refractivity contribution < 1.29 is 32.6 Å². The van der Waals surface area contributed by atoms with Gasteiger partial charge < -0.3 is 24.6 Å². The van der Waals surface area contributed by atoms with Crippen LogP contribution in [0, 0.1) is 5.41 Å². The van der Waals surface area contributed by atoms with E-state index in [0.717, 1.165) is 28.6 Å². The molecule has 5 rings (SSSR count). The summed E-state index contributed by atoms with van der Waals surface area (Å²) in [4.78, 5) is 25.5. The van der Waals surface area contributed by atoms with Crippen molar-refractivity contribution in [2.45, 2.75) is 64.3 Å². The number of hydrogen-bond donors (Lipinski definition) is 2. The molecule has 2 fully saturated rings. The zero-order valence-electron chi connectivity index (χ0n) is 22.3. The topological polar surface area (TPSA) is 83.8 Å². The maximum atomic E-state index is 13.1. The van der Waals surface area contributed by atoms with E-state index >= 15 is 0 Å². The summed E-state index contributed by atoms with van der Waals surface area (Å²) in [6.45, 7) is 8.23. The van der Waals surface area contributed by atoms with Gasteiger partial charge in [-0.3, -0.25) is 4.79 Å². The van der Waals surface area contributed by atoms with Gasteiger partial charge in [0.1, 0.15) is 5.75 Å². The smallest absolute Gasteiger partial charge is 0.416 e. The summed E-state index contributed by atoms with van der Waals surface area (Å²) in [5.74, 6) is 0.552. The Labute approximate surface area is 224 Å². The van der Waals surface area contributed by atoms with Gasteiger partial charge in [-0.15, -0.1) is 0 Å². The van der Waals surface area contributed by atoms with Gasteiger partial charge in [-0.05, 0) is 82.3 Å². The molecule has 208 valence electrons. The highest BCUT2D eigenvalue weighted by Crippen LogP contribution is 2.42. The fourth-order valence-electron chi connectivity index (χ4n) is 5.36. The lowest BCUT2D eigenvalue weighted by atomic mass is 9.77. The van der Waals surface area contributed by atoms with Crippen molar-refractivity contribution in [1.29, 1.82) is 0 Å². The highest BCUT2D eigenvalue weighted by molar-refractivity contribution is 6.05. The van der Waals surface area contributed by atoms with Gasteiger partial charge in [0.05, 0.1) is 28.3 Å². The van der Waals surface area contributed by atoms with E-state index in [9.17, 15) is 22.8 Å². The number of aromatic nitrogens is 1. The van der Waals surface area contributed by atoms with Crippen LogP contribution in [0.15, 0.2) is 48.7 Å². The first-order valence-corrected chi connectivity index (χ1v) is 12.9. The van der Waals surface area contributed by atoms with Gasteiger partial charge in [0.25, 0.3) is 0 Å². The number of hydrogen-bond acceptors (Lipinski definition) is 3. The molecule has 1 saturated heterocycles. The lowest BCUT2D eigenvalue weighted by molar-refractivity contribution is -0.137. The molecular weight excluding hydrogens is 511 g/mol. The first-order valence-electron chi connectivity index (χ1n) is 12.9. The number of amides is 2. The zero-order chi connectivity index (χ0) is 28.3. The SMILES string of the molecule is CC1(C(=O)Nc2cn(C(C)(C)C)c3ccc(OC4CC(c5ccc(C(F)(F)F)cc5)C4)cc23)CN(C(=O)O)C1. The summed E-state index contributed by atoms with van der Waals surface area (Å²) >= 11 is 0. The van der Waals surface area contributed by atoms with Crippen molar-refractivity contribution in [3.8, 4) is 5.75 Å². The predicted octanol–water partition coefficient (Wildman–Crippen LogP) is 6.68. The van der Waals surface area contributed by atoms with Crippen LogP contribution in [0.5, 0.6) is 5.75 Å². The molecule has 1 aliphatic carbocycles. The molecular formula is C29H32F3N3O4. The maximum absolute atomic E-state index is 13.1. The van der Waals surface area contributed by atoms with Crippen LogP contribution in [0.4, 0.5) is 23.7 Å². The fourth-order valence-corrected chi connectivity index (χ4v) is 5.36. The van der Waals surface area contributed by atoms with Crippen LogP contribution in [0.2, 0.25) is 0 Å². The van der Waals surface area contributed by atoms with Crippen LogP contribution >= 0.6 is 0 Å². The number of carbonyl (C=O) groups is 2. The van der Waals surface area contributed by atoms with Gasteiger partial charge >= 0.3 is 12.3 Å². The molecule has 0 bridgehead atoms. The van der Waals surface area contributed by atoms with E-state index in [1.54, 1.807) is 6.92 Å². The van der Waals surface area contributed by atoms with Crippen LogP contribution in [-0.4, -0.2) is 45.8 Å². The third kappa shape index (κ3) is 5.16. The van der Waals surface area contributed by atoms with Gasteiger partial charge in [0, 0.05) is 30.2 Å². The second kappa shape index (κ2) is 9.20. The second-order valence-corrected chi connectivity index (χ2v) is 11.9. The molecule has 0 radical (unpaired) electrons. The second-order valence-electron chi connectivity index (χ2n) is 11.9. The Bertz CT molecular complexity index is 1410. The van der Waals surface area contributed by atoms with E-state index in [2.05, 4.69) is 30.7 Å². The Morgan fingerprint density at radius 1 is 1.05 bits per heavy atom. The Morgan fingerprint density at radius 3 is 2.26 bits per heavy atom. The monoisotopic (exact) mass is 543 g/mol. The first kappa shape index (κ1) is 26.9. The number of anilines is 1. The molecule has 39 heavy (non-hydrogen) atoms. The number of halogens is 3. The van der Waals surface area contributed by atoms with E-state index in [4.69, 9.17) is 9.84 Å². The molecule has 10 heteroatoms. The van der Waals surface area contributed by atoms with Crippen molar-refractivity contribution >= 4 is 28.6 Å². The Kier molecular flexibility index (Phi) is 6.35. The molecule has 2 heterocycles. The van der Waals surface area contributed by atoms with E-state index in [1.165, 1.54) is 17.0 Å². The Balaban J connectivity index is 1.31. The van der Waals surface area contributed by atoms with Crippen molar-refractivity contribution in [1.82, 2.24) is 9.47 Å². The van der Waals surface area contributed by atoms with Crippen molar-refractivity contribution in [2.24, 2.45) is 5.41 Å². The lowest BCUT2D eigenvalue weighted by Gasteiger charge is -2.44. The van der Waals surface area contributed by atoms with Crippen LogP contribution in [-0.2, 0) is 16.5 Å². The first-order chi connectivity index (χ1) is 18.1. The molecule has 0 atom stereocenters. The van der Waals surface area contributed by atoms with Crippen molar-refractivity contribution in [3.05, 3.63) is 59.8 Å². The van der Waals surface area contributed by atoms with Crippen LogP contribution < -0.4 is 10.1 Å². The van der Waals surface area contributed by atoms with E-state index in [1.807, 2.05) is 24.4 Å². The number of nitrogens with zero attached hydrogens (tertiary/aromatic N) is 2. The summed E-state index contributed by atoms with van der Waals surface area (Å²) in [7, 11) is 0. The quantitative estimate of drug-likeness (QED) is 0.376. The number of carboxylic acid groups (broad SMARTS) is 1. The molecule has 2 amide bonds. The number of nitrogens with one attached hydrogen (secondary N) is 1. The minimum Gasteiger partial charge on any atom is -0.490 e. The van der Waals surface area contributed by atoms with E-state index in [-0.39, 0.29) is 36.6 Å². The Morgan fingerprint density at radius 2 is 1.69 bits per heavy atom. The number of carbonyl (C=O) groups excluding carboxylic acids is 1. The molecule has 2 aliphatic rings. The summed E-state index contributed by atoms with van der Waals surface area (Å²) in [5.41, 5.74) is 0.710. The molecule has 1 aromatic heterocycles. The molecule has 0 spiro atoms. The van der Waals surface area contributed by atoms with Gasteiger partial charge in [0.15, 0.2) is 0 Å². The molecule has 0 unspecified atom stereocenters. The summed E-state index contributed by atoms with van der Waals surface area (Å²) < 4.78 is 46.8. The minimum atomic E-state index is -4.35. The number of ether oxygens (including phenoxy) is 1. The van der Waals surface area contributed by atoms with Crippen molar-refractivity contribution in [2.75, 3.05) is 18.4 Å². The predicted molar refractivity (Wildman–Crippen MR) is 141 cm³/mol. The number of rotatable bonds is 5. The number of likely N-dealkylation sites (tertiary alicyclic amines) is 1. The molecule has 1 aliphatic heterocycles. The summed E-state index contributed by atoms with van der Waals surface area (Å²) in [6, 6.07) is 11.1. The number of alkyl halides is 3. The molecule has 1 saturated carbocycles. The third-order valence-electron chi connectivity index (χ3n) is 7.75. The third-order valence-corrected chi connectivity index (χ3v) is 7.75. The number of fused-ring (bicyclic) bond motifs is 1. The van der Waals surface area contributed by atoms with Crippen molar-refractivity contribution in [3.63, 3.8) is 0 Å². The lowest BCUT2D eigenvalue weighted by Crippen LogP contribution is -2.61. The minimum absolute atomic E-state index is 0.0617. The van der Waals surface area contributed by atoms with Gasteiger partial charge in [-0.2, -0.15) is 13.2 Å². The van der Waals surface area contributed by atoms with E-state index in [0.29, 0.717) is 24.3 Å². The zero-order valence-corrected chi connectivity index (χ0v) is 22.3. The average Bonchev–Trinajstić information content (AvgIpc) is 3.16. The fraction of sp³-hybridized carbons (Fsp3) is 0.448. The number of benzene rings is 2. The van der Waals surface area contributed by atoms with Gasteiger partial charge in [0.2, 0.25) is 5.91 Å². The summed E-state index contributed by atoms with van der Waals surface area (Å²) in [6.07, 6.45) is -2.14. The normalized spacial score (nSPS) is 20.7. The highest BCUT2D eigenvalue weighted by atomic mass is 19.4. The highest BCUT2D eigenvalue weighted by Gasteiger charge is 2.47. The molecule has 7 nitrogen and oxygen atoms in total. The van der Waals surface area contributed by atoms with E-state index < -0.39 is 23.2 Å². The molecule has 2 aromatic carbocycles. The summed E-state index contributed by atoms with van der Waals surface area (Å²) in [5, 5.41) is 13.0. The Hall–Kier alpha value is -3.69. The standard InChI is InChI=1S/C29H32F3N3O4/c1-27(2,3)35-14-23(33-25(36)28(4)15-34(16-28)26(37)38)22-13-20(9-10-24(22)35)39-21-11-18(12-21)17-5-7-19(8-6-17)29(30,31)32/h5-10,13-14,18,21H,11-12,15-16H2,1-4H3,(H,33,36)(H,37,38). The van der Waals surface area contributed by atoms with Gasteiger partial charge in [-0.1, -0.05) is 12.1 Å². The van der Waals surface area contributed by atoms with Crippen LogP contribution in [0.1, 0.15) is 57.6 Å². The maximum Gasteiger partial charge on any atom is 0.416 e. The van der Waals surface area contributed by atoms with Crippen LogP contribution in [0.3, 0.4) is 0 Å². The average molecular weight is 544 g/mol.